The Morgan fingerprint density at radius 1 is 1.42 bits per heavy atom. The number of halogens is 1. The molecule has 0 radical (unpaired) electrons. The number of ketones is 1. The molecule has 0 aromatic carbocycles. The van der Waals surface area contributed by atoms with Gasteiger partial charge in [-0.05, 0) is 0 Å². The lowest BCUT2D eigenvalue weighted by Gasteiger charge is -1.81. The summed E-state index contributed by atoms with van der Waals surface area (Å²) in [7, 11) is 0. The Morgan fingerprint density at radius 3 is 2.08 bits per heavy atom. The molecule has 0 aliphatic carbocycles. The van der Waals surface area contributed by atoms with E-state index in [0.29, 0.717) is 18.6 Å². The highest BCUT2D eigenvalue weighted by atomic mass is 32.1. The van der Waals surface area contributed by atoms with Gasteiger partial charge in [0.25, 0.3) is 0 Å². The van der Waals surface area contributed by atoms with Crippen LogP contribution in [0.15, 0.2) is 17.1 Å². The third kappa shape index (κ3) is 9.23. The fourth-order valence-electron chi connectivity index (χ4n) is 0.426. The lowest BCUT2D eigenvalue weighted by atomic mass is 10.3. The molecule has 0 spiro atoms. The molecular formula is C8H14FNOS. The Balaban J connectivity index is 0. The molecule has 0 N–H and O–H groups in total. The van der Waals surface area contributed by atoms with Gasteiger partial charge in [0.15, 0.2) is 0 Å². The van der Waals surface area contributed by atoms with Crippen LogP contribution in [-0.2, 0) is 4.79 Å². The van der Waals surface area contributed by atoms with Crippen molar-refractivity contribution in [3.8, 4) is 0 Å². The monoisotopic (exact) mass is 191 g/mol. The fourth-order valence-corrected chi connectivity index (χ4v) is 0.777. The molecule has 0 bridgehead atoms. The van der Waals surface area contributed by atoms with Crippen LogP contribution < -0.4 is 0 Å². The van der Waals surface area contributed by atoms with Crippen LogP contribution in [0.25, 0.3) is 0 Å². The lowest BCUT2D eigenvalue weighted by molar-refractivity contribution is -0.118. The second kappa shape index (κ2) is 10.2. The molecule has 0 saturated heterocycles. The molecule has 0 aliphatic heterocycles. The maximum Gasteiger partial charge on any atom is 0.132 e. The molecule has 0 amide bonds. The summed E-state index contributed by atoms with van der Waals surface area (Å²) in [5, 5.41) is 1.93. The van der Waals surface area contributed by atoms with Crippen LogP contribution in [0, 0.1) is 0 Å². The zero-order valence-corrected chi connectivity index (χ0v) is 8.13. The van der Waals surface area contributed by atoms with Crippen LogP contribution in [0.2, 0.25) is 0 Å². The predicted molar refractivity (Wildman–Crippen MR) is 50.2 cm³/mol. The zero-order chi connectivity index (χ0) is 8.53. The van der Waals surface area contributed by atoms with Gasteiger partial charge in [-0.25, -0.2) is 0 Å². The molecule has 4 heteroatoms. The standard InChI is InChI=1S/C5H10O.C3H3NS.FH/c1-3-5(6)4-2;1-2-5-3-4-1;/h3-4H2,1-2H3;1-3H;1H. The van der Waals surface area contributed by atoms with E-state index in [-0.39, 0.29) is 4.70 Å². The number of nitrogens with zero attached hydrogens (tertiary/aromatic N) is 1. The van der Waals surface area contributed by atoms with Gasteiger partial charge in [0.1, 0.15) is 5.78 Å². The van der Waals surface area contributed by atoms with E-state index in [0.717, 1.165) is 0 Å². The quantitative estimate of drug-likeness (QED) is 0.719. The summed E-state index contributed by atoms with van der Waals surface area (Å²) in [4.78, 5) is 13.9. The van der Waals surface area contributed by atoms with Gasteiger partial charge in [-0.3, -0.25) is 14.5 Å². The molecule has 70 valence electrons. The topological polar surface area (TPSA) is 30.0 Å². The first-order chi connectivity index (χ1) is 5.31. The maximum atomic E-state index is 10.2. The molecule has 12 heavy (non-hydrogen) atoms. The second-order valence-electron chi connectivity index (χ2n) is 1.92. The van der Waals surface area contributed by atoms with Crippen LogP contribution in [0.3, 0.4) is 0 Å². The van der Waals surface area contributed by atoms with Crippen LogP contribution in [0.4, 0.5) is 4.70 Å². The lowest BCUT2D eigenvalue weighted by Crippen LogP contribution is -1.88. The van der Waals surface area contributed by atoms with E-state index in [2.05, 4.69) is 4.98 Å². The van der Waals surface area contributed by atoms with Gasteiger partial charge in [-0.15, -0.1) is 11.3 Å². The van der Waals surface area contributed by atoms with Crippen molar-refractivity contribution >= 4 is 17.1 Å². The van der Waals surface area contributed by atoms with Crippen molar-refractivity contribution in [1.82, 2.24) is 4.98 Å². The average Bonchev–Trinajstić information content (AvgIpc) is 2.60. The van der Waals surface area contributed by atoms with Gasteiger partial charge in [-0.2, -0.15) is 0 Å². The SMILES string of the molecule is CCC(=O)CC.F.c1cscn1. The van der Waals surface area contributed by atoms with Crippen molar-refractivity contribution in [2.75, 3.05) is 0 Å². The predicted octanol–water partition coefficient (Wildman–Crippen LogP) is 2.67. The fraction of sp³-hybridized carbons (Fsp3) is 0.500. The molecule has 1 heterocycles. The average molecular weight is 191 g/mol. The molecule has 0 saturated carbocycles. The van der Waals surface area contributed by atoms with E-state index in [1.54, 1.807) is 23.0 Å². The highest BCUT2D eigenvalue weighted by molar-refractivity contribution is 7.07. The number of aromatic nitrogens is 1. The van der Waals surface area contributed by atoms with Gasteiger partial charge >= 0.3 is 0 Å². The first-order valence-electron chi connectivity index (χ1n) is 3.65. The molecule has 2 nitrogen and oxygen atoms in total. The minimum absolute atomic E-state index is 0. The van der Waals surface area contributed by atoms with E-state index >= 15 is 0 Å². The summed E-state index contributed by atoms with van der Waals surface area (Å²) >= 11 is 1.60. The summed E-state index contributed by atoms with van der Waals surface area (Å²) in [5.74, 6) is 0.343. The number of hydrogen-bond acceptors (Lipinski definition) is 3. The van der Waals surface area contributed by atoms with Crippen molar-refractivity contribution in [1.29, 1.82) is 0 Å². The third-order valence-corrected chi connectivity index (χ3v) is 1.66. The summed E-state index contributed by atoms with van der Waals surface area (Å²) in [6.45, 7) is 3.76. The van der Waals surface area contributed by atoms with Gasteiger partial charge in [0, 0.05) is 24.4 Å². The van der Waals surface area contributed by atoms with Crippen molar-refractivity contribution in [2.24, 2.45) is 0 Å². The number of carbonyl (C=O) groups is 1. The number of hydrogen-bond donors (Lipinski definition) is 0. The molecule has 1 aromatic rings. The van der Waals surface area contributed by atoms with Crippen LogP contribution >= 0.6 is 11.3 Å². The second-order valence-corrected chi connectivity index (χ2v) is 2.68. The van der Waals surface area contributed by atoms with E-state index < -0.39 is 0 Å². The minimum atomic E-state index is 0. The summed E-state index contributed by atoms with van der Waals surface area (Å²) in [6.07, 6.45) is 3.15. The summed E-state index contributed by atoms with van der Waals surface area (Å²) in [6, 6.07) is 0. The van der Waals surface area contributed by atoms with Crippen molar-refractivity contribution < 1.29 is 9.50 Å². The molecule has 0 aliphatic rings. The largest absolute Gasteiger partial charge is 0.300 e. The number of carbonyl (C=O) groups excluding carboxylic acids is 1. The Bertz CT molecular complexity index is 154. The Labute approximate surface area is 76.0 Å². The highest BCUT2D eigenvalue weighted by Gasteiger charge is 1.86. The smallest absolute Gasteiger partial charge is 0.132 e. The van der Waals surface area contributed by atoms with Gasteiger partial charge in [0.05, 0.1) is 5.51 Å². The maximum absolute atomic E-state index is 10.2. The number of rotatable bonds is 2. The van der Waals surface area contributed by atoms with Crippen LogP contribution in [-0.4, -0.2) is 10.8 Å². The Kier molecular flexibility index (Phi) is 11.8. The first-order valence-corrected chi connectivity index (χ1v) is 4.59. The Hall–Kier alpha value is -0.770. The minimum Gasteiger partial charge on any atom is -0.300 e. The van der Waals surface area contributed by atoms with Gasteiger partial charge in [-0.1, -0.05) is 13.8 Å². The van der Waals surface area contributed by atoms with Crippen molar-refractivity contribution in [2.45, 2.75) is 26.7 Å². The Morgan fingerprint density at radius 2 is 2.00 bits per heavy atom. The van der Waals surface area contributed by atoms with E-state index in [1.807, 2.05) is 19.2 Å². The summed E-state index contributed by atoms with van der Waals surface area (Å²) < 4.78 is 0. The van der Waals surface area contributed by atoms with E-state index in [9.17, 15) is 4.79 Å². The zero-order valence-electron chi connectivity index (χ0n) is 7.32. The molecule has 1 aromatic heterocycles. The molecular weight excluding hydrogens is 177 g/mol. The van der Waals surface area contributed by atoms with Crippen LogP contribution in [0.1, 0.15) is 26.7 Å². The first kappa shape index (κ1) is 13.8. The van der Waals surface area contributed by atoms with E-state index in [4.69, 9.17) is 0 Å². The number of thiazole rings is 1. The van der Waals surface area contributed by atoms with E-state index in [1.165, 1.54) is 0 Å². The van der Waals surface area contributed by atoms with Gasteiger partial charge in [0.2, 0.25) is 0 Å². The normalized spacial score (nSPS) is 7.50. The molecule has 0 unspecified atom stereocenters. The molecule has 0 fully saturated rings. The van der Waals surface area contributed by atoms with Crippen molar-refractivity contribution in [3.05, 3.63) is 17.1 Å². The summed E-state index contributed by atoms with van der Waals surface area (Å²) in [5.41, 5.74) is 1.79. The highest BCUT2D eigenvalue weighted by Crippen LogP contribution is 1.86. The van der Waals surface area contributed by atoms with Gasteiger partial charge < -0.3 is 0 Å². The molecule has 0 atom stereocenters. The number of Topliss-reactive ketones (excluding diaryl/α,β-unsaturated/α-hetero) is 1. The van der Waals surface area contributed by atoms with Crippen LogP contribution in [0.5, 0.6) is 0 Å². The third-order valence-electron chi connectivity index (χ3n) is 1.14. The molecule has 1 rings (SSSR count). The van der Waals surface area contributed by atoms with Crippen molar-refractivity contribution in [3.63, 3.8) is 0 Å².